The van der Waals surface area contributed by atoms with Gasteiger partial charge in [0, 0.05) is 12.2 Å². The van der Waals surface area contributed by atoms with Gasteiger partial charge in [-0.3, -0.25) is 9.69 Å². The predicted octanol–water partition coefficient (Wildman–Crippen LogP) is 4.35. The van der Waals surface area contributed by atoms with Crippen LogP contribution in [-0.4, -0.2) is 48.8 Å². The number of ether oxygens (including phenoxy) is 2. The van der Waals surface area contributed by atoms with Crippen molar-refractivity contribution in [2.75, 3.05) is 32.1 Å². The number of para-hydroxylation sites is 2. The first-order valence-electron chi connectivity index (χ1n) is 10.7. The summed E-state index contributed by atoms with van der Waals surface area (Å²) in [5.41, 5.74) is 1.93. The lowest BCUT2D eigenvalue weighted by Gasteiger charge is -2.20. The van der Waals surface area contributed by atoms with Crippen molar-refractivity contribution in [3.8, 4) is 17.2 Å². The highest BCUT2D eigenvalue weighted by atomic mass is 16.5. The zero-order chi connectivity index (χ0) is 22.8. The lowest BCUT2D eigenvalue weighted by Crippen LogP contribution is -2.37. The second kappa shape index (κ2) is 11.9. The van der Waals surface area contributed by atoms with Crippen LogP contribution in [0.5, 0.6) is 17.2 Å². The summed E-state index contributed by atoms with van der Waals surface area (Å²) in [5, 5.41) is 13.2. The zero-order valence-corrected chi connectivity index (χ0v) is 18.5. The molecule has 0 unspecified atom stereocenters. The van der Waals surface area contributed by atoms with Gasteiger partial charge in [0.1, 0.15) is 30.0 Å². The van der Waals surface area contributed by atoms with Gasteiger partial charge in [0.15, 0.2) is 0 Å². The van der Waals surface area contributed by atoms with E-state index < -0.39 is 6.10 Å². The predicted molar refractivity (Wildman–Crippen MR) is 126 cm³/mol. The molecule has 6 nitrogen and oxygen atoms in total. The average molecular weight is 435 g/mol. The lowest BCUT2D eigenvalue weighted by atomic mass is 10.1. The van der Waals surface area contributed by atoms with E-state index in [-0.39, 0.29) is 19.1 Å². The Bertz CT molecular complexity index is 977. The number of likely N-dealkylation sites (N-methyl/N-ethyl adjacent to an activating group) is 1. The third-order valence-electron chi connectivity index (χ3n) is 4.85. The van der Waals surface area contributed by atoms with Crippen LogP contribution in [0.2, 0.25) is 0 Å². The van der Waals surface area contributed by atoms with Crippen LogP contribution in [0, 0.1) is 0 Å². The number of aliphatic hydroxyl groups excluding tert-OH is 1. The van der Waals surface area contributed by atoms with Crippen molar-refractivity contribution in [2.24, 2.45) is 0 Å². The van der Waals surface area contributed by atoms with E-state index in [9.17, 15) is 9.90 Å². The van der Waals surface area contributed by atoms with Crippen molar-refractivity contribution < 1.29 is 19.4 Å². The SMILES string of the molecule is CCc1ccccc1NC(=O)CN(C)C[C@H](O)COc1ccc(Oc2ccccc2)cc1. The average Bonchev–Trinajstić information content (AvgIpc) is 2.79. The van der Waals surface area contributed by atoms with E-state index in [1.54, 1.807) is 24.1 Å². The van der Waals surface area contributed by atoms with Crippen LogP contribution in [0.1, 0.15) is 12.5 Å². The fourth-order valence-electron chi connectivity index (χ4n) is 3.28. The van der Waals surface area contributed by atoms with Crippen molar-refractivity contribution in [3.05, 3.63) is 84.4 Å². The molecule has 1 amide bonds. The molecular weight excluding hydrogens is 404 g/mol. The molecule has 3 rings (SSSR count). The monoisotopic (exact) mass is 434 g/mol. The van der Waals surface area contributed by atoms with E-state index in [0.29, 0.717) is 18.0 Å². The third-order valence-corrected chi connectivity index (χ3v) is 4.85. The summed E-state index contributed by atoms with van der Waals surface area (Å²) >= 11 is 0. The number of nitrogens with one attached hydrogen (secondary N) is 1. The summed E-state index contributed by atoms with van der Waals surface area (Å²) in [5.74, 6) is 2.00. The first kappa shape index (κ1) is 23.3. The molecule has 0 bridgehead atoms. The van der Waals surface area contributed by atoms with Crippen LogP contribution in [0.3, 0.4) is 0 Å². The van der Waals surface area contributed by atoms with E-state index in [0.717, 1.165) is 23.4 Å². The van der Waals surface area contributed by atoms with Crippen molar-refractivity contribution in [1.82, 2.24) is 4.90 Å². The number of aryl methyl sites for hydroxylation is 1. The van der Waals surface area contributed by atoms with Gasteiger partial charge in [0.25, 0.3) is 0 Å². The van der Waals surface area contributed by atoms with Crippen molar-refractivity contribution in [2.45, 2.75) is 19.4 Å². The highest BCUT2D eigenvalue weighted by Gasteiger charge is 2.13. The van der Waals surface area contributed by atoms with Gasteiger partial charge in [-0.1, -0.05) is 43.3 Å². The van der Waals surface area contributed by atoms with Crippen LogP contribution in [-0.2, 0) is 11.2 Å². The number of carbonyl (C=O) groups excluding carboxylic acids is 1. The molecular formula is C26H30N2O4. The van der Waals surface area contributed by atoms with Crippen LogP contribution in [0.4, 0.5) is 5.69 Å². The number of carbonyl (C=O) groups is 1. The van der Waals surface area contributed by atoms with E-state index in [4.69, 9.17) is 9.47 Å². The van der Waals surface area contributed by atoms with Crippen molar-refractivity contribution in [3.63, 3.8) is 0 Å². The van der Waals surface area contributed by atoms with Crippen LogP contribution in [0.25, 0.3) is 0 Å². The summed E-state index contributed by atoms with van der Waals surface area (Å²) in [6.45, 7) is 2.68. The van der Waals surface area contributed by atoms with Crippen LogP contribution in [0.15, 0.2) is 78.9 Å². The minimum atomic E-state index is -0.726. The van der Waals surface area contributed by atoms with Crippen molar-refractivity contribution in [1.29, 1.82) is 0 Å². The first-order valence-corrected chi connectivity index (χ1v) is 10.7. The van der Waals surface area contributed by atoms with Gasteiger partial charge in [0.05, 0.1) is 6.54 Å². The summed E-state index contributed by atoms with van der Waals surface area (Å²) in [6, 6.07) is 24.5. The zero-order valence-electron chi connectivity index (χ0n) is 18.5. The summed E-state index contributed by atoms with van der Waals surface area (Å²) in [6.07, 6.45) is 0.123. The molecule has 3 aromatic rings. The Balaban J connectivity index is 1.40. The first-order chi connectivity index (χ1) is 15.5. The Hall–Kier alpha value is -3.35. The molecule has 0 aliphatic carbocycles. The highest BCUT2D eigenvalue weighted by molar-refractivity contribution is 5.92. The number of hydrogen-bond donors (Lipinski definition) is 2. The summed E-state index contributed by atoms with van der Waals surface area (Å²) < 4.78 is 11.4. The fourth-order valence-corrected chi connectivity index (χ4v) is 3.28. The molecule has 3 aromatic carbocycles. The van der Waals surface area contributed by atoms with Crippen LogP contribution >= 0.6 is 0 Å². The molecule has 2 N–H and O–H groups in total. The van der Waals surface area contributed by atoms with Gasteiger partial charge in [0.2, 0.25) is 5.91 Å². The number of aliphatic hydroxyl groups is 1. The number of amides is 1. The third kappa shape index (κ3) is 7.41. The van der Waals surface area contributed by atoms with Gasteiger partial charge in [-0.15, -0.1) is 0 Å². The Morgan fingerprint density at radius 3 is 2.28 bits per heavy atom. The number of nitrogens with zero attached hydrogens (tertiary/aromatic N) is 1. The van der Waals surface area contributed by atoms with Gasteiger partial charge in [-0.25, -0.2) is 0 Å². The van der Waals surface area contributed by atoms with E-state index >= 15 is 0 Å². The maximum Gasteiger partial charge on any atom is 0.238 e. The van der Waals surface area contributed by atoms with E-state index in [1.807, 2.05) is 66.7 Å². The number of benzene rings is 3. The molecule has 32 heavy (non-hydrogen) atoms. The number of hydrogen-bond acceptors (Lipinski definition) is 5. The van der Waals surface area contributed by atoms with Crippen LogP contribution < -0.4 is 14.8 Å². The molecule has 0 spiro atoms. The standard InChI is InChI=1S/C26H30N2O4/c1-3-20-9-7-8-12-25(20)27-26(30)18-28(2)17-21(29)19-31-22-13-15-24(16-14-22)32-23-10-5-4-6-11-23/h4-16,21,29H,3,17-19H2,1-2H3,(H,27,30)/t21-/m0/s1. The fraction of sp³-hybridized carbons (Fsp3) is 0.269. The van der Waals surface area contributed by atoms with Gasteiger partial charge in [-0.05, 0) is 61.5 Å². The smallest absolute Gasteiger partial charge is 0.238 e. The van der Waals surface area contributed by atoms with Crippen molar-refractivity contribution >= 4 is 11.6 Å². The quantitative estimate of drug-likeness (QED) is 0.469. The molecule has 0 aliphatic rings. The van der Waals surface area contributed by atoms with E-state index in [2.05, 4.69) is 12.2 Å². The molecule has 168 valence electrons. The van der Waals surface area contributed by atoms with Gasteiger partial charge >= 0.3 is 0 Å². The Morgan fingerprint density at radius 2 is 1.56 bits per heavy atom. The minimum absolute atomic E-state index is 0.115. The minimum Gasteiger partial charge on any atom is -0.491 e. The second-order valence-electron chi connectivity index (χ2n) is 7.61. The normalized spacial score (nSPS) is 11.8. The second-order valence-corrected chi connectivity index (χ2v) is 7.61. The molecule has 0 fully saturated rings. The highest BCUT2D eigenvalue weighted by Crippen LogP contribution is 2.23. The van der Waals surface area contributed by atoms with E-state index in [1.165, 1.54) is 0 Å². The number of rotatable bonds is 11. The Labute approximate surface area is 189 Å². The maximum absolute atomic E-state index is 12.3. The Kier molecular flexibility index (Phi) is 8.66. The van der Waals surface area contributed by atoms with Gasteiger partial charge < -0.3 is 19.9 Å². The van der Waals surface area contributed by atoms with Gasteiger partial charge in [-0.2, -0.15) is 0 Å². The topological polar surface area (TPSA) is 71.0 Å². The summed E-state index contributed by atoms with van der Waals surface area (Å²) in [7, 11) is 1.80. The molecule has 0 aliphatic heterocycles. The Morgan fingerprint density at radius 1 is 0.938 bits per heavy atom. The largest absolute Gasteiger partial charge is 0.491 e. The molecule has 1 atom stereocenters. The molecule has 0 aromatic heterocycles. The number of anilines is 1. The summed E-state index contributed by atoms with van der Waals surface area (Å²) in [4.78, 5) is 14.1. The molecule has 0 saturated heterocycles. The molecule has 6 heteroatoms. The maximum atomic E-state index is 12.3. The molecule has 0 radical (unpaired) electrons. The molecule has 0 heterocycles. The lowest BCUT2D eigenvalue weighted by molar-refractivity contribution is -0.117. The molecule has 0 saturated carbocycles.